The summed E-state index contributed by atoms with van der Waals surface area (Å²) in [5.74, 6) is 6.35. The number of anilines is 1. The Morgan fingerprint density at radius 2 is 2.19 bits per heavy atom. The molecule has 0 unspecified atom stereocenters. The van der Waals surface area contributed by atoms with Crippen molar-refractivity contribution >= 4 is 11.6 Å². The van der Waals surface area contributed by atoms with Crippen molar-refractivity contribution in [2.24, 2.45) is 5.84 Å². The highest BCUT2D eigenvalue weighted by Crippen LogP contribution is 2.22. The summed E-state index contributed by atoms with van der Waals surface area (Å²) in [7, 11) is 1.61. The second kappa shape index (κ2) is 4.51. The van der Waals surface area contributed by atoms with Crippen LogP contribution in [0.25, 0.3) is 0 Å². The molecule has 0 radical (unpaired) electrons. The van der Waals surface area contributed by atoms with E-state index in [2.05, 4.69) is 0 Å². The van der Waals surface area contributed by atoms with Gasteiger partial charge in [-0.2, -0.15) is 0 Å². The first-order valence-corrected chi connectivity index (χ1v) is 5.15. The van der Waals surface area contributed by atoms with Crippen molar-refractivity contribution in [2.75, 3.05) is 31.6 Å². The van der Waals surface area contributed by atoms with Crippen molar-refractivity contribution in [3.63, 3.8) is 0 Å². The van der Waals surface area contributed by atoms with E-state index in [1.807, 2.05) is 24.3 Å². The molecule has 86 valence electrons. The number of hydrazine groups is 1. The summed E-state index contributed by atoms with van der Waals surface area (Å²) in [6, 6.07) is 7.47. The fourth-order valence-corrected chi connectivity index (χ4v) is 1.74. The number of hydrogen-bond acceptors (Lipinski definition) is 4. The summed E-state index contributed by atoms with van der Waals surface area (Å²) in [6.45, 7) is 1.56. The Balaban J connectivity index is 2.20. The molecule has 1 aliphatic rings. The number of rotatable bonds is 2. The van der Waals surface area contributed by atoms with Gasteiger partial charge in [-0.3, -0.25) is 10.6 Å². The lowest BCUT2D eigenvalue weighted by Gasteiger charge is -2.31. The number of carbonyl (C=O) groups excluding carboxylic acids is 1. The van der Waals surface area contributed by atoms with Crippen LogP contribution in [0.15, 0.2) is 24.3 Å². The smallest absolute Gasteiger partial charge is 0.242 e. The predicted octanol–water partition coefficient (Wildman–Crippen LogP) is 0.217. The second-order valence-electron chi connectivity index (χ2n) is 3.72. The van der Waals surface area contributed by atoms with Gasteiger partial charge in [0.15, 0.2) is 0 Å². The standard InChI is InChI=1S/C11H15N3O2/c1-16-10-4-2-3-9(7-10)14-6-5-13(12)8-11(14)15/h2-4,7H,5-6,8,12H2,1H3. The summed E-state index contributed by atoms with van der Waals surface area (Å²) in [5, 5.41) is 1.53. The van der Waals surface area contributed by atoms with Gasteiger partial charge in [-0.15, -0.1) is 0 Å². The van der Waals surface area contributed by atoms with Crippen molar-refractivity contribution in [3.8, 4) is 5.75 Å². The monoisotopic (exact) mass is 221 g/mol. The molecule has 0 saturated carbocycles. The Hall–Kier alpha value is -1.59. The van der Waals surface area contributed by atoms with Crippen molar-refractivity contribution in [1.82, 2.24) is 5.01 Å². The third kappa shape index (κ3) is 2.15. The molecule has 5 nitrogen and oxygen atoms in total. The van der Waals surface area contributed by atoms with Crippen LogP contribution in [0.2, 0.25) is 0 Å². The Morgan fingerprint density at radius 3 is 2.88 bits per heavy atom. The molecule has 1 aromatic carbocycles. The van der Waals surface area contributed by atoms with E-state index in [0.717, 1.165) is 11.4 Å². The number of amides is 1. The third-order valence-corrected chi connectivity index (χ3v) is 2.62. The summed E-state index contributed by atoms with van der Waals surface area (Å²) in [5.41, 5.74) is 0.859. The quantitative estimate of drug-likeness (QED) is 0.726. The Bertz CT molecular complexity index is 395. The van der Waals surface area contributed by atoms with Crippen LogP contribution in [0, 0.1) is 0 Å². The van der Waals surface area contributed by atoms with Crippen LogP contribution >= 0.6 is 0 Å². The second-order valence-corrected chi connectivity index (χ2v) is 3.72. The molecule has 1 aliphatic heterocycles. The summed E-state index contributed by atoms with van der Waals surface area (Å²) < 4.78 is 5.13. The highest BCUT2D eigenvalue weighted by Gasteiger charge is 2.23. The molecule has 0 spiro atoms. The molecular weight excluding hydrogens is 206 g/mol. The number of nitrogens with zero attached hydrogens (tertiary/aromatic N) is 2. The van der Waals surface area contributed by atoms with E-state index in [1.165, 1.54) is 5.01 Å². The lowest BCUT2D eigenvalue weighted by molar-refractivity contribution is -0.121. The van der Waals surface area contributed by atoms with Gasteiger partial charge in [0.2, 0.25) is 5.91 Å². The van der Waals surface area contributed by atoms with Crippen LogP contribution < -0.4 is 15.5 Å². The largest absolute Gasteiger partial charge is 0.497 e. The molecule has 0 aromatic heterocycles. The number of nitrogens with two attached hydrogens (primary N) is 1. The lowest BCUT2D eigenvalue weighted by Crippen LogP contribution is -2.53. The SMILES string of the molecule is COc1cccc(N2CCN(N)CC2=O)c1. The maximum absolute atomic E-state index is 11.8. The Kier molecular flexibility index (Phi) is 3.07. The number of methoxy groups -OCH3 is 1. The number of ether oxygens (including phenoxy) is 1. The molecule has 1 aromatic rings. The molecule has 0 bridgehead atoms. The fourth-order valence-electron chi connectivity index (χ4n) is 1.74. The zero-order valence-corrected chi connectivity index (χ0v) is 9.22. The maximum Gasteiger partial charge on any atom is 0.242 e. The van der Waals surface area contributed by atoms with Crippen LogP contribution in [-0.2, 0) is 4.79 Å². The normalized spacial score (nSPS) is 17.6. The minimum Gasteiger partial charge on any atom is -0.497 e. The first-order valence-electron chi connectivity index (χ1n) is 5.15. The first kappa shape index (κ1) is 10.9. The minimum atomic E-state index is 0.0157. The first-order chi connectivity index (χ1) is 7.70. The summed E-state index contributed by atoms with van der Waals surface area (Å²) in [4.78, 5) is 13.5. The summed E-state index contributed by atoms with van der Waals surface area (Å²) in [6.07, 6.45) is 0. The van der Waals surface area contributed by atoms with Crippen molar-refractivity contribution in [3.05, 3.63) is 24.3 Å². The topological polar surface area (TPSA) is 58.8 Å². The van der Waals surface area contributed by atoms with E-state index in [1.54, 1.807) is 12.0 Å². The van der Waals surface area contributed by atoms with Gasteiger partial charge < -0.3 is 9.64 Å². The number of benzene rings is 1. The molecule has 0 atom stereocenters. The van der Waals surface area contributed by atoms with Gasteiger partial charge in [0.1, 0.15) is 5.75 Å². The van der Waals surface area contributed by atoms with Crippen LogP contribution in [-0.4, -0.2) is 37.7 Å². The van der Waals surface area contributed by atoms with Gasteiger partial charge in [-0.1, -0.05) is 6.07 Å². The molecule has 0 aliphatic carbocycles. The molecule has 1 fully saturated rings. The van der Waals surface area contributed by atoms with E-state index in [4.69, 9.17) is 10.6 Å². The minimum absolute atomic E-state index is 0.0157. The summed E-state index contributed by atoms with van der Waals surface area (Å²) >= 11 is 0. The molecule has 2 N–H and O–H groups in total. The van der Waals surface area contributed by atoms with Gasteiger partial charge in [0, 0.05) is 24.8 Å². The molecule has 2 rings (SSSR count). The van der Waals surface area contributed by atoms with Crippen molar-refractivity contribution < 1.29 is 9.53 Å². The van der Waals surface area contributed by atoms with Gasteiger partial charge in [-0.05, 0) is 12.1 Å². The van der Waals surface area contributed by atoms with E-state index in [0.29, 0.717) is 13.1 Å². The predicted molar refractivity (Wildman–Crippen MR) is 61.1 cm³/mol. The Morgan fingerprint density at radius 1 is 1.38 bits per heavy atom. The van der Waals surface area contributed by atoms with Crippen LogP contribution in [0.1, 0.15) is 0 Å². The van der Waals surface area contributed by atoms with Gasteiger partial charge >= 0.3 is 0 Å². The molecule has 1 saturated heterocycles. The zero-order chi connectivity index (χ0) is 11.5. The molecule has 1 amide bonds. The van der Waals surface area contributed by atoms with Crippen LogP contribution in [0.3, 0.4) is 0 Å². The number of carbonyl (C=O) groups is 1. The van der Waals surface area contributed by atoms with Crippen molar-refractivity contribution in [2.45, 2.75) is 0 Å². The fraction of sp³-hybridized carbons (Fsp3) is 0.364. The number of piperazine rings is 1. The zero-order valence-electron chi connectivity index (χ0n) is 9.22. The van der Waals surface area contributed by atoms with Crippen LogP contribution in [0.4, 0.5) is 5.69 Å². The molecular formula is C11H15N3O2. The van der Waals surface area contributed by atoms with Crippen molar-refractivity contribution in [1.29, 1.82) is 0 Å². The average Bonchev–Trinajstić information content (AvgIpc) is 2.29. The lowest BCUT2D eigenvalue weighted by atomic mass is 10.2. The van der Waals surface area contributed by atoms with E-state index >= 15 is 0 Å². The van der Waals surface area contributed by atoms with Gasteiger partial charge in [0.25, 0.3) is 0 Å². The van der Waals surface area contributed by atoms with E-state index < -0.39 is 0 Å². The van der Waals surface area contributed by atoms with Gasteiger partial charge in [-0.25, -0.2) is 5.01 Å². The Labute approximate surface area is 94.4 Å². The number of hydrogen-bond donors (Lipinski definition) is 1. The highest BCUT2D eigenvalue weighted by atomic mass is 16.5. The molecule has 16 heavy (non-hydrogen) atoms. The molecule has 5 heteroatoms. The van der Waals surface area contributed by atoms with E-state index in [9.17, 15) is 4.79 Å². The highest BCUT2D eigenvalue weighted by molar-refractivity contribution is 5.95. The van der Waals surface area contributed by atoms with E-state index in [-0.39, 0.29) is 12.5 Å². The third-order valence-electron chi connectivity index (χ3n) is 2.62. The van der Waals surface area contributed by atoms with Crippen LogP contribution in [0.5, 0.6) is 5.75 Å². The van der Waals surface area contributed by atoms with Gasteiger partial charge in [0.05, 0.1) is 13.7 Å². The molecule has 1 heterocycles. The average molecular weight is 221 g/mol. The maximum atomic E-state index is 11.8.